The van der Waals surface area contributed by atoms with Crippen LogP contribution in [0, 0.1) is 6.92 Å². The topological polar surface area (TPSA) is 21.3 Å². The van der Waals surface area contributed by atoms with Crippen LogP contribution in [0.15, 0.2) is 11.4 Å². The van der Waals surface area contributed by atoms with Gasteiger partial charge in [-0.3, -0.25) is 0 Å². The molecule has 0 aromatic carbocycles. The summed E-state index contributed by atoms with van der Waals surface area (Å²) in [6, 6.07) is 2.52. The van der Waals surface area contributed by atoms with E-state index in [0.29, 0.717) is 6.04 Å². The van der Waals surface area contributed by atoms with E-state index >= 15 is 0 Å². The highest BCUT2D eigenvalue weighted by atomic mass is 32.1. The molecule has 2 atom stereocenters. The molecule has 0 saturated carbocycles. The monoisotopic (exact) mass is 227 g/mol. The molecular formula is C12H21NOS. The van der Waals surface area contributed by atoms with Crippen LogP contribution < -0.4 is 5.32 Å². The zero-order valence-corrected chi connectivity index (χ0v) is 10.9. The first-order valence-electron chi connectivity index (χ1n) is 5.59. The molecule has 1 aromatic heterocycles. The summed E-state index contributed by atoms with van der Waals surface area (Å²) in [4.78, 5) is 1.38. The number of hydrogen-bond donors (Lipinski definition) is 1. The lowest BCUT2D eigenvalue weighted by Crippen LogP contribution is -2.32. The SMILES string of the molecule is CCNC(c1ccsc1C)C(C)OCC. The summed E-state index contributed by atoms with van der Waals surface area (Å²) in [5, 5.41) is 5.64. The molecule has 1 N–H and O–H groups in total. The maximum absolute atomic E-state index is 5.68. The Labute approximate surface area is 96.7 Å². The maximum atomic E-state index is 5.68. The quantitative estimate of drug-likeness (QED) is 0.806. The van der Waals surface area contributed by atoms with Crippen molar-refractivity contribution >= 4 is 11.3 Å². The molecule has 1 aromatic rings. The molecule has 1 heterocycles. The van der Waals surface area contributed by atoms with Crippen molar-refractivity contribution in [3.8, 4) is 0 Å². The lowest BCUT2D eigenvalue weighted by atomic mass is 10.0. The van der Waals surface area contributed by atoms with Gasteiger partial charge in [-0.25, -0.2) is 0 Å². The van der Waals surface area contributed by atoms with Crippen molar-refractivity contribution in [2.75, 3.05) is 13.2 Å². The summed E-state index contributed by atoms with van der Waals surface area (Å²) in [5.41, 5.74) is 1.38. The van der Waals surface area contributed by atoms with Gasteiger partial charge in [0.05, 0.1) is 12.1 Å². The van der Waals surface area contributed by atoms with Crippen LogP contribution in [0.4, 0.5) is 0 Å². The molecule has 86 valence electrons. The van der Waals surface area contributed by atoms with E-state index in [9.17, 15) is 0 Å². The van der Waals surface area contributed by atoms with E-state index in [4.69, 9.17) is 4.74 Å². The zero-order chi connectivity index (χ0) is 11.3. The van der Waals surface area contributed by atoms with Gasteiger partial charge in [-0.1, -0.05) is 6.92 Å². The minimum atomic E-state index is 0.225. The molecule has 0 aliphatic carbocycles. The lowest BCUT2D eigenvalue weighted by Gasteiger charge is -2.24. The summed E-state index contributed by atoms with van der Waals surface area (Å²) in [7, 11) is 0. The van der Waals surface area contributed by atoms with Crippen molar-refractivity contribution in [3.63, 3.8) is 0 Å². The predicted molar refractivity (Wildman–Crippen MR) is 66.6 cm³/mol. The van der Waals surface area contributed by atoms with Crippen molar-refractivity contribution in [3.05, 3.63) is 21.9 Å². The van der Waals surface area contributed by atoms with Gasteiger partial charge in [-0.15, -0.1) is 11.3 Å². The van der Waals surface area contributed by atoms with Crippen molar-refractivity contribution in [1.82, 2.24) is 5.32 Å². The second-order valence-corrected chi connectivity index (χ2v) is 4.75. The summed E-state index contributed by atoms with van der Waals surface area (Å²) in [5.74, 6) is 0. The summed E-state index contributed by atoms with van der Waals surface area (Å²) >= 11 is 1.80. The van der Waals surface area contributed by atoms with Crippen LogP contribution in [0.25, 0.3) is 0 Å². The molecule has 0 aliphatic heterocycles. The van der Waals surface area contributed by atoms with Gasteiger partial charge in [0, 0.05) is 11.5 Å². The van der Waals surface area contributed by atoms with Gasteiger partial charge in [0.1, 0.15) is 0 Å². The van der Waals surface area contributed by atoms with Crippen LogP contribution in [0.3, 0.4) is 0 Å². The average molecular weight is 227 g/mol. The highest BCUT2D eigenvalue weighted by molar-refractivity contribution is 7.10. The molecule has 0 bridgehead atoms. The second-order valence-electron chi connectivity index (χ2n) is 3.63. The third kappa shape index (κ3) is 3.30. The molecule has 0 spiro atoms. The van der Waals surface area contributed by atoms with Crippen molar-refractivity contribution in [1.29, 1.82) is 0 Å². The van der Waals surface area contributed by atoms with Gasteiger partial charge in [0.25, 0.3) is 0 Å². The Morgan fingerprint density at radius 1 is 1.47 bits per heavy atom. The fraction of sp³-hybridized carbons (Fsp3) is 0.667. The Morgan fingerprint density at radius 2 is 2.20 bits per heavy atom. The third-order valence-corrected chi connectivity index (χ3v) is 3.42. The van der Waals surface area contributed by atoms with Crippen molar-refractivity contribution in [2.45, 2.75) is 39.8 Å². The van der Waals surface area contributed by atoms with Crippen LogP contribution in [0.1, 0.15) is 37.3 Å². The highest BCUT2D eigenvalue weighted by Crippen LogP contribution is 2.26. The standard InChI is InChI=1S/C12H21NOS/c1-5-13-12(9(3)14-6-2)11-7-8-15-10(11)4/h7-9,12-13H,5-6H2,1-4H3. The molecule has 0 saturated heterocycles. The molecule has 15 heavy (non-hydrogen) atoms. The van der Waals surface area contributed by atoms with Gasteiger partial charge in [-0.05, 0) is 44.3 Å². The van der Waals surface area contributed by atoms with E-state index in [1.54, 1.807) is 11.3 Å². The Hall–Kier alpha value is -0.380. The largest absolute Gasteiger partial charge is 0.377 e. The molecule has 1 rings (SSSR count). The van der Waals surface area contributed by atoms with Crippen molar-refractivity contribution in [2.24, 2.45) is 0 Å². The van der Waals surface area contributed by atoms with Crippen LogP contribution in [0.5, 0.6) is 0 Å². The molecule has 0 amide bonds. The van der Waals surface area contributed by atoms with E-state index < -0.39 is 0 Å². The van der Waals surface area contributed by atoms with Crippen LogP contribution in [0.2, 0.25) is 0 Å². The van der Waals surface area contributed by atoms with Gasteiger partial charge in [0.2, 0.25) is 0 Å². The molecule has 2 nitrogen and oxygen atoms in total. The zero-order valence-electron chi connectivity index (χ0n) is 10.0. The van der Waals surface area contributed by atoms with E-state index in [2.05, 4.69) is 37.5 Å². The highest BCUT2D eigenvalue weighted by Gasteiger charge is 2.20. The first-order valence-corrected chi connectivity index (χ1v) is 6.47. The lowest BCUT2D eigenvalue weighted by molar-refractivity contribution is 0.0476. The third-order valence-electron chi connectivity index (χ3n) is 2.56. The Bertz CT molecular complexity index is 285. The fourth-order valence-electron chi connectivity index (χ4n) is 1.83. The molecule has 2 unspecified atom stereocenters. The number of aryl methyl sites for hydroxylation is 1. The van der Waals surface area contributed by atoms with Crippen LogP contribution in [-0.4, -0.2) is 19.3 Å². The predicted octanol–water partition coefficient (Wildman–Crippen LogP) is 3.13. The smallest absolute Gasteiger partial charge is 0.0741 e. The molecule has 0 aliphatic rings. The van der Waals surface area contributed by atoms with Gasteiger partial charge in [0.15, 0.2) is 0 Å². The molecule has 0 radical (unpaired) electrons. The number of ether oxygens (including phenoxy) is 1. The Morgan fingerprint density at radius 3 is 2.67 bits per heavy atom. The van der Waals surface area contributed by atoms with E-state index in [0.717, 1.165) is 13.2 Å². The maximum Gasteiger partial charge on any atom is 0.0741 e. The average Bonchev–Trinajstić information content (AvgIpc) is 2.61. The number of thiophene rings is 1. The number of rotatable bonds is 6. The minimum absolute atomic E-state index is 0.225. The van der Waals surface area contributed by atoms with E-state index in [-0.39, 0.29) is 6.10 Å². The first kappa shape index (κ1) is 12.7. The summed E-state index contributed by atoms with van der Waals surface area (Å²) in [6.45, 7) is 10.2. The number of hydrogen-bond acceptors (Lipinski definition) is 3. The molecular weight excluding hydrogens is 206 g/mol. The van der Waals surface area contributed by atoms with Crippen LogP contribution >= 0.6 is 11.3 Å². The second kappa shape index (κ2) is 6.26. The Kier molecular flexibility index (Phi) is 5.29. The number of nitrogens with one attached hydrogen (secondary N) is 1. The Balaban J connectivity index is 2.77. The van der Waals surface area contributed by atoms with Gasteiger partial charge in [-0.2, -0.15) is 0 Å². The van der Waals surface area contributed by atoms with Crippen molar-refractivity contribution < 1.29 is 4.74 Å². The van der Waals surface area contributed by atoms with E-state index in [1.165, 1.54) is 10.4 Å². The molecule has 3 heteroatoms. The van der Waals surface area contributed by atoms with Gasteiger partial charge >= 0.3 is 0 Å². The first-order chi connectivity index (χ1) is 7.20. The fourth-order valence-corrected chi connectivity index (χ4v) is 2.58. The van der Waals surface area contributed by atoms with Crippen LogP contribution in [-0.2, 0) is 4.74 Å². The summed E-state index contributed by atoms with van der Waals surface area (Å²) < 4.78 is 5.68. The minimum Gasteiger partial charge on any atom is -0.377 e. The normalized spacial score (nSPS) is 15.2. The van der Waals surface area contributed by atoms with Gasteiger partial charge < -0.3 is 10.1 Å². The molecule has 0 fully saturated rings. The summed E-state index contributed by atoms with van der Waals surface area (Å²) in [6.07, 6.45) is 0.225. The van der Waals surface area contributed by atoms with E-state index in [1.807, 2.05) is 6.92 Å². The number of likely N-dealkylation sites (N-methyl/N-ethyl adjacent to an activating group) is 1.